The number of anilines is 1. The third-order valence-corrected chi connectivity index (χ3v) is 7.05. The Kier molecular flexibility index (Phi) is 7.70. The number of nitrogens with zero attached hydrogens (tertiary/aromatic N) is 3. The molecular weight excluding hydrogens is 502 g/mol. The van der Waals surface area contributed by atoms with Gasteiger partial charge in [-0.05, 0) is 55.7 Å². The van der Waals surface area contributed by atoms with Crippen molar-refractivity contribution in [3.63, 3.8) is 0 Å². The summed E-state index contributed by atoms with van der Waals surface area (Å²) in [6.45, 7) is 2.46. The highest BCUT2D eigenvalue weighted by atomic mass is 16.5. The number of ether oxygens (including phenoxy) is 2. The molecule has 0 bridgehead atoms. The molecule has 0 aromatic heterocycles. The highest BCUT2D eigenvalue weighted by Crippen LogP contribution is 2.46. The highest BCUT2D eigenvalue weighted by Gasteiger charge is 2.40. The molecule has 1 aliphatic carbocycles. The van der Waals surface area contributed by atoms with Crippen LogP contribution in [0, 0.1) is 22.7 Å². The van der Waals surface area contributed by atoms with Crippen LogP contribution in [0.5, 0.6) is 11.5 Å². The molecule has 8 heteroatoms. The van der Waals surface area contributed by atoms with Crippen molar-refractivity contribution in [3.8, 4) is 23.6 Å². The predicted molar refractivity (Wildman–Crippen MR) is 150 cm³/mol. The second-order valence-electron chi connectivity index (χ2n) is 9.49. The van der Waals surface area contributed by atoms with Gasteiger partial charge >= 0.3 is 0 Å². The average molecular weight is 532 g/mol. The van der Waals surface area contributed by atoms with Gasteiger partial charge in [0.25, 0.3) is 0 Å². The molecule has 0 fully saturated rings. The third kappa shape index (κ3) is 5.08. The molecule has 1 aliphatic heterocycles. The fourth-order valence-electron chi connectivity index (χ4n) is 5.19. The van der Waals surface area contributed by atoms with Gasteiger partial charge in [0.15, 0.2) is 17.3 Å². The Morgan fingerprint density at radius 3 is 2.50 bits per heavy atom. The number of nitriles is 2. The predicted octanol–water partition coefficient (Wildman–Crippen LogP) is 5.66. The van der Waals surface area contributed by atoms with Crippen LogP contribution in [-0.2, 0) is 11.4 Å². The van der Waals surface area contributed by atoms with Crippen LogP contribution in [0.15, 0.2) is 95.5 Å². The van der Waals surface area contributed by atoms with Crippen LogP contribution in [0.25, 0.3) is 0 Å². The zero-order valence-electron chi connectivity index (χ0n) is 22.2. The lowest BCUT2D eigenvalue weighted by molar-refractivity contribution is -0.116. The molecule has 0 spiro atoms. The third-order valence-electron chi connectivity index (χ3n) is 7.05. The number of para-hydroxylation sites is 1. The van der Waals surface area contributed by atoms with Crippen LogP contribution < -0.4 is 20.6 Å². The second-order valence-corrected chi connectivity index (χ2v) is 9.49. The van der Waals surface area contributed by atoms with Crippen LogP contribution in [0.1, 0.15) is 48.8 Å². The van der Waals surface area contributed by atoms with E-state index in [1.54, 1.807) is 17.1 Å². The summed E-state index contributed by atoms with van der Waals surface area (Å²) in [6.07, 6.45) is 1.76. The van der Waals surface area contributed by atoms with Gasteiger partial charge in [-0.15, -0.1) is 0 Å². The number of ketones is 1. The topological polar surface area (TPSA) is 124 Å². The Hall–Kier alpha value is -5.21. The van der Waals surface area contributed by atoms with Crippen molar-refractivity contribution in [2.75, 3.05) is 12.0 Å². The minimum absolute atomic E-state index is 0.00208. The second kappa shape index (κ2) is 11.7. The minimum atomic E-state index is -0.630. The first-order chi connectivity index (χ1) is 19.5. The molecular formula is C32H29N5O3. The molecule has 5 rings (SSSR count). The number of carbonyl (C=O) groups is 1. The van der Waals surface area contributed by atoms with E-state index in [-0.39, 0.29) is 23.8 Å². The van der Waals surface area contributed by atoms with Gasteiger partial charge in [-0.2, -0.15) is 10.5 Å². The van der Waals surface area contributed by atoms with Gasteiger partial charge < -0.3 is 15.2 Å². The Morgan fingerprint density at radius 1 is 0.975 bits per heavy atom. The molecule has 2 aliphatic rings. The smallest absolute Gasteiger partial charge is 0.161 e. The van der Waals surface area contributed by atoms with Gasteiger partial charge in [0.05, 0.1) is 41.5 Å². The first-order valence-electron chi connectivity index (χ1n) is 13.2. The van der Waals surface area contributed by atoms with E-state index in [2.05, 4.69) is 17.6 Å². The number of hydrogen-bond donors (Lipinski definition) is 2. The van der Waals surface area contributed by atoms with E-state index in [0.717, 1.165) is 22.5 Å². The van der Waals surface area contributed by atoms with Crippen molar-refractivity contribution in [1.29, 1.82) is 10.5 Å². The highest BCUT2D eigenvalue weighted by molar-refractivity contribution is 6.00. The molecule has 0 saturated heterocycles. The zero-order valence-corrected chi connectivity index (χ0v) is 22.2. The van der Waals surface area contributed by atoms with Crippen LogP contribution in [0.2, 0.25) is 0 Å². The van der Waals surface area contributed by atoms with E-state index in [0.29, 0.717) is 48.5 Å². The average Bonchev–Trinajstić information content (AvgIpc) is 2.98. The van der Waals surface area contributed by atoms with Crippen molar-refractivity contribution < 1.29 is 14.3 Å². The normalized spacial score (nSPS) is 16.6. The van der Waals surface area contributed by atoms with E-state index in [9.17, 15) is 15.3 Å². The van der Waals surface area contributed by atoms with Gasteiger partial charge in [0, 0.05) is 23.3 Å². The summed E-state index contributed by atoms with van der Waals surface area (Å²) in [5.74, 6) is 0.616. The molecule has 3 N–H and O–H groups in total. The molecule has 0 amide bonds. The van der Waals surface area contributed by atoms with E-state index < -0.39 is 5.92 Å². The van der Waals surface area contributed by atoms with E-state index >= 15 is 0 Å². The van der Waals surface area contributed by atoms with Gasteiger partial charge in [0.1, 0.15) is 12.4 Å². The maximum Gasteiger partial charge on any atom is 0.161 e. The Balaban J connectivity index is 1.54. The summed E-state index contributed by atoms with van der Waals surface area (Å²) >= 11 is 0. The van der Waals surface area contributed by atoms with Gasteiger partial charge in [-0.3, -0.25) is 10.2 Å². The van der Waals surface area contributed by atoms with Crippen LogP contribution >= 0.6 is 0 Å². The number of hydrazine groups is 1. The lowest BCUT2D eigenvalue weighted by Gasteiger charge is -2.39. The summed E-state index contributed by atoms with van der Waals surface area (Å²) in [7, 11) is 0. The zero-order chi connectivity index (χ0) is 28.1. The monoisotopic (exact) mass is 531 g/mol. The van der Waals surface area contributed by atoms with Gasteiger partial charge in [-0.1, -0.05) is 42.5 Å². The number of allylic oxidation sites excluding steroid dienone is 3. The number of carbonyl (C=O) groups excluding carboxylic acids is 1. The number of Topliss-reactive ketones (excluding diaryl/α,β-unsaturated/α-hetero) is 1. The Bertz CT molecular complexity index is 1580. The first-order valence-corrected chi connectivity index (χ1v) is 13.2. The number of hydrogen-bond acceptors (Lipinski definition) is 8. The molecule has 0 radical (unpaired) electrons. The lowest BCUT2D eigenvalue weighted by Crippen LogP contribution is -2.41. The largest absolute Gasteiger partial charge is 0.490 e. The van der Waals surface area contributed by atoms with Crippen molar-refractivity contribution in [2.45, 2.75) is 38.7 Å². The minimum Gasteiger partial charge on any atom is -0.490 e. The molecule has 3 aromatic carbocycles. The fourth-order valence-corrected chi connectivity index (χ4v) is 5.19. The number of benzene rings is 3. The number of rotatable bonds is 8. The Labute approximate surface area is 233 Å². The van der Waals surface area contributed by atoms with Crippen molar-refractivity contribution >= 4 is 11.5 Å². The summed E-state index contributed by atoms with van der Waals surface area (Å²) in [5.41, 5.74) is 14.4. The first kappa shape index (κ1) is 26.4. The van der Waals surface area contributed by atoms with Crippen LogP contribution in [-0.4, -0.2) is 17.4 Å². The van der Waals surface area contributed by atoms with E-state index in [1.165, 1.54) is 0 Å². The molecule has 200 valence electrons. The summed E-state index contributed by atoms with van der Waals surface area (Å²) in [5, 5.41) is 21.4. The van der Waals surface area contributed by atoms with E-state index in [4.69, 9.17) is 15.2 Å². The molecule has 1 atom stereocenters. The summed E-state index contributed by atoms with van der Waals surface area (Å²) in [4.78, 5) is 13.4. The van der Waals surface area contributed by atoms with Crippen LogP contribution in [0.3, 0.4) is 0 Å². The van der Waals surface area contributed by atoms with Gasteiger partial charge in [0.2, 0.25) is 0 Å². The van der Waals surface area contributed by atoms with Gasteiger partial charge in [-0.25, -0.2) is 5.01 Å². The quantitative estimate of drug-likeness (QED) is 0.381. The Morgan fingerprint density at radius 2 is 1.75 bits per heavy atom. The van der Waals surface area contributed by atoms with E-state index in [1.807, 2.05) is 67.6 Å². The fraction of sp³-hybridized carbons (Fsp3) is 0.219. The molecule has 3 aromatic rings. The number of nitrogens with two attached hydrogens (primary N) is 1. The molecule has 8 nitrogen and oxygen atoms in total. The lowest BCUT2D eigenvalue weighted by atomic mass is 9.76. The number of nitrogens with one attached hydrogen (secondary N) is 1. The van der Waals surface area contributed by atoms with Crippen molar-refractivity contribution in [2.24, 2.45) is 5.73 Å². The maximum absolute atomic E-state index is 13.4. The summed E-state index contributed by atoms with van der Waals surface area (Å²) in [6, 6.07) is 26.7. The van der Waals surface area contributed by atoms with Crippen LogP contribution in [0.4, 0.5) is 5.69 Å². The molecule has 40 heavy (non-hydrogen) atoms. The summed E-state index contributed by atoms with van der Waals surface area (Å²) < 4.78 is 12.0. The van der Waals surface area contributed by atoms with Crippen molar-refractivity contribution in [1.82, 2.24) is 5.01 Å². The SMILES string of the molecule is CCOc1cc(C2C(C#N)=C(N)N(Nc3ccccc3)C3=C2C(=O)CCC3)ccc1OCc1ccccc1C#N. The molecule has 1 heterocycles. The molecule has 1 unspecified atom stereocenters. The maximum atomic E-state index is 13.4. The standard InChI is InChI=1S/C32H29N5O3/c1-2-39-29-17-21(15-16-28(29)40-20-23-10-7-6-9-22(23)18-33)30-25(19-34)32(35)37(36-24-11-4-3-5-12-24)26-13-8-14-27(38)31(26)30/h3-7,9-12,15-17,30,36H,2,8,13-14,20,35H2,1H3. The van der Waals surface area contributed by atoms with Crippen molar-refractivity contribution in [3.05, 3.63) is 112 Å². The molecule has 0 saturated carbocycles.